The molecule has 0 bridgehead atoms. The first-order valence-corrected chi connectivity index (χ1v) is 6.91. The Bertz CT molecular complexity index is 588. The molecule has 0 aliphatic carbocycles. The van der Waals surface area contributed by atoms with E-state index in [2.05, 4.69) is 25.2 Å². The van der Waals surface area contributed by atoms with Crippen LogP contribution < -0.4 is 4.72 Å². The van der Waals surface area contributed by atoms with Gasteiger partial charge in [0.1, 0.15) is 4.90 Å². The summed E-state index contributed by atoms with van der Waals surface area (Å²) in [5.41, 5.74) is 0.527. The monoisotopic (exact) mass is 270 g/mol. The highest BCUT2D eigenvalue weighted by Gasteiger charge is 2.17. The molecule has 0 unspecified atom stereocenters. The highest BCUT2D eigenvalue weighted by molar-refractivity contribution is 7.89. The van der Waals surface area contributed by atoms with Crippen molar-refractivity contribution in [3.05, 3.63) is 24.3 Å². The zero-order chi connectivity index (χ0) is 13.0. The summed E-state index contributed by atoms with van der Waals surface area (Å²) in [6.07, 6.45) is 5.25. The van der Waals surface area contributed by atoms with E-state index >= 15 is 0 Å². The zero-order valence-electron chi connectivity index (χ0n) is 9.87. The number of aromatic nitrogens is 5. The molecule has 0 atom stereocenters. The van der Waals surface area contributed by atoms with Gasteiger partial charge < -0.3 is 0 Å². The van der Waals surface area contributed by atoms with Gasteiger partial charge in [-0.15, -0.1) is 5.10 Å². The van der Waals surface area contributed by atoms with Crippen molar-refractivity contribution in [1.29, 1.82) is 0 Å². The highest BCUT2D eigenvalue weighted by atomic mass is 32.2. The fourth-order valence-electron chi connectivity index (χ4n) is 1.49. The number of aromatic amines is 1. The molecule has 2 heterocycles. The summed E-state index contributed by atoms with van der Waals surface area (Å²) in [4.78, 5) is 0.184. The smallest absolute Gasteiger partial charge is 0.243 e. The van der Waals surface area contributed by atoms with E-state index in [1.165, 1.54) is 6.20 Å². The molecule has 2 rings (SSSR count). The Hall–Kier alpha value is -1.74. The van der Waals surface area contributed by atoms with E-state index in [1.807, 2.05) is 0 Å². The van der Waals surface area contributed by atoms with E-state index in [9.17, 15) is 8.42 Å². The van der Waals surface area contributed by atoms with Crippen LogP contribution in [0.5, 0.6) is 0 Å². The zero-order valence-corrected chi connectivity index (χ0v) is 10.7. The summed E-state index contributed by atoms with van der Waals surface area (Å²) >= 11 is 0. The number of nitrogens with one attached hydrogen (secondary N) is 2. The second-order valence-corrected chi connectivity index (χ2v) is 5.51. The van der Waals surface area contributed by atoms with Crippen molar-refractivity contribution in [2.45, 2.75) is 24.8 Å². The van der Waals surface area contributed by atoms with Gasteiger partial charge >= 0.3 is 0 Å². The van der Waals surface area contributed by atoms with Crippen molar-refractivity contribution < 1.29 is 8.42 Å². The molecule has 0 amide bonds. The summed E-state index contributed by atoms with van der Waals surface area (Å²) in [6, 6.07) is 0. The Balaban J connectivity index is 1.85. The fraction of sp³-hybridized carbons (Fsp3) is 0.444. The molecule has 2 aromatic rings. The van der Waals surface area contributed by atoms with Gasteiger partial charge in [-0.3, -0.25) is 9.78 Å². The molecule has 98 valence electrons. The van der Waals surface area contributed by atoms with Gasteiger partial charge in [0.25, 0.3) is 0 Å². The van der Waals surface area contributed by atoms with Gasteiger partial charge in [-0.2, -0.15) is 5.10 Å². The molecule has 8 nitrogen and oxygen atoms in total. The fourth-order valence-corrected chi connectivity index (χ4v) is 2.70. The number of rotatable bonds is 6. The molecule has 0 aromatic carbocycles. The molecule has 0 saturated carbocycles. The van der Waals surface area contributed by atoms with Crippen LogP contribution in [0.1, 0.15) is 12.1 Å². The van der Waals surface area contributed by atoms with Crippen LogP contribution in [-0.2, 0) is 16.6 Å². The minimum Gasteiger partial charge on any atom is -0.281 e. The second-order valence-electron chi connectivity index (χ2n) is 3.78. The summed E-state index contributed by atoms with van der Waals surface area (Å²) in [6.45, 7) is 2.62. The standard InChI is InChI=1S/C9H14N6O2S/c1-8-9(7-11-13-8)18(16,17)12-3-2-5-15-6-4-10-14-15/h4,6-7,12H,2-3,5H2,1H3,(H,11,13). The van der Waals surface area contributed by atoms with Crippen LogP contribution in [-0.4, -0.2) is 40.2 Å². The van der Waals surface area contributed by atoms with Gasteiger partial charge in [-0.25, -0.2) is 13.1 Å². The average Bonchev–Trinajstić information content (AvgIpc) is 2.95. The molecule has 0 radical (unpaired) electrons. The van der Waals surface area contributed by atoms with E-state index in [4.69, 9.17) is 0 Å². The minimum absolute atomic E-state index is 0.184. The lowest BCUT2D eigenvalue weighted by atomic mass is 10.4. The maximum absolute atomic E-state index is 11.9. The lowest BCUT2D eigenvalue weighted by molar-refractivity contribution is 0.542. The Morgan fingerprint density at radius 3 is 2.94 bits per heavy atom. The first kappa shape index (κ1) is 12.7. The Kier molecular flexibility index (Phi) is 3.72. The van der Waals surface area contributed by atoms with Gasteiger partial charge in [0.05, 0.1) is 18.1 Å². The predicted molar refractivity (Wildman–Crippen MR) is 63.2 cm³/mol. The highest BCUT2D eigenvalue weighted by Crippen LogP contribution is 2.10. The largest absolute Gasteiger partial charge is 0.281 e. The lowest BCUT2D eigenvalue weighted by Crippen LogP contribution is -2.25. The SMILES string of the molecule is Cc1[nH]ncc1S(=O)(=O)NCCCn1ccnn1. The van der Waals surface area contributed by atoms with Crippen molar-refractivity contribution in [2.75, 3.05) is 6.54 Å². The van der Waals surface area contributed by atoms with Gasteiger partial charge in [0.15, 0.2) is 0 Å². The molecule has 18 heavy (non-hydrogen) atoms. The second kappa shape index (κ2) is 5.27. The van der Waals surface area contributed by atoms with Crippen LogP contribution >= 0.6 is 0 Å². The first-order chi connectivity index (χ1) is 8.59. The van der Waals surface area contributed by atoms with E-state index in [0.29, 0.717) is 25.2 Å². The Morgan fingerprint density at radius 1 is 1.50 bits per heavy atom. The summed E-state index contributed by atoms with van der Waals surface area (Å²) in [7, 11) is -3.48. The number of hydrogen-bond donors (Lipinski definition) is 2. The third-order valence-corrected chi connectivity index (χ3v) is 3.98. The van der Waals surface area contributed by atoms with Crippen LogP contribution in [0.25, 0.3) is 0 Å². The molecule has 2 N–H and O–H groups in total. The van der Waals surface area contributed by atoms with E-state index in [0.717, 1.165) is 0 Å². The molecule has 0 aliphatic heterocycles. The first-order valence-electron chi connectivity index (χ1n) is 5.43. The Morgan fingerprint density at radius 2 is 2.33 bits per heavy atom. The number of aryl methyl sites for hydroxylation is 2. The van der Waals surface area contributed by atoms with Crippen molar-refractivity contribution in [3.8, 4) is 0 Å². The van der Waals surface area contributed by atoms with Crippen LogP contribution in [0.3, 0.4) is 0 Å². The summed E-state index contributed by atoms with van der Waals surface area (Å²) < 4.78 is 27.9. The van der Waals surface area contributed by atoms with E-state index < -0.39 is 10.0 Å². The summed E-state index contributed by atoms with van der Waals surface area (Å²) in [5, 5.41) is 13.7. The van der Waals surface area contributed by atoms with Gasteiger partial charge in [-0.05, 0) is 13.3 Å². The van der Waals surface area contributed by atoms with Crippen molar-refractivity contribution in [1.82, 2.24) is 29.9 Å². The van der Waals surface area contributed by atoms with Crippen molar-refractivity contribution in [3.63, 3.8) is 0 Å². The van der Waals surface area contributed by atoms with Crippen LogP contribution in [0.15, 0.2) is 23.5 Å². The minimum atomic E-state index is -3.48. The average molecular weight is 270 g/mol. The maximum atomic E-state index is 11.9. The quantitative estimate of drug-likeness (QED) is 0.700. The third kappa shape index (κ3) is 2.93. The molecular formula is C9H14N6O2S. The Labute approximate surface area is 104 Å². The topological polar surface area (TPSA) is 106 Å². The maximum Gasteiger partial charge on any atom is 0.243 e. The number of sulfonamides is 1. The van der Waals surface area contributed by atoms with Crippen LogP contribution in [0.2, 0.25) is 0 Å². The van der Waals surface area contributed by atoms with Gasteiger partial charge in [-0.1, -0.05) is 5.21 Å². The van der Waals surface area contributed by atoms with Crippen molar-refractivity contribution in [2.24, 2.45) is 0 Å². The third-order valence-electron chi connectivity index (χ3n) is 2.40. The summed E-state index contributed by atoms with van der Waals surface area (Å²) in [5.74, 6) is 0. The molecule has 0 aliphatic rings. The van der Waals surface area contributed by atoms with Gasteiger partial charge in [0.2, 0.25) is 10.0 Å². The van der Waals surface area contributed by atoms with Crippen LogP contribution in [0, 0.1) is 6.92 Å². The van der Waals surface area contributed by atoms with E-state index in [1.54, 1.807) is 24.0 Å². The van der Waals surface area contributed by atoms with Crippen LogP contribution in [0.4, 0.5) is 0 Å². The number of hydrogen-bond acceptors (Lipinski definition) is 5. The molecule has 0 fully saturated rings. The predicted octanol–water partition coefficient (Wildman–Crippen LogP) is -0.322. The van der Waals surface area contributed by atoms with E-state index in [-0.39, 0.29) is 4.90 Å². The van der Waals surface area contributed by atoms with Gasteiger partial charge in [0, 0.05) is 19.3 Å². The normalized spacial score (nSPS) is 11.8. The molecule has 0 spiro atoms. The molecule has 9 heteroatoms. The van der Waals surface area contributed by atoms with Crippen molar-refractivity contribution >= 4 is 10.0 Å². The molecular weight excluding hydrogens is 256 g/mol. The number of H-pyrrole nitrogens is 1. The molecule has 2 aromatic heterocycles. The number of nitrogens with zero attached hydrogens (tertiary/aromatic N) is 4. The lowest BCUT2D eigenvalue weighted by Gasteiger charge is -2.05. The molecule has 0 saturated heterocycles.